The third kappa shape index (κ3) is 3.08. The molecule has 18 heavy (non-hydrogen) atoms. The number of alkyl halides is 1. The largest absolute Gasteiger partial charge is 0.377 e. The molecule has 2 aliphatic heterocycles. The van der Waals surface area contributed by atoms with Crippen LogP contribution in [0.5, 0.6) is 0 Å². The van der Waals surface area contributed by atoms with Gasteiger partial charge in [-0.05, 0) is 25.7 Å². The molecule has 0 aromatic carbocycles. The van der Waals surface area contributed by atoms with Crippen molar-refractivity contribution < 1.29 is 9.53 Å². The van der Waals surface area contributed by atoms with Crippen LogP contribution < -0.4 is 0 Å². The summed E-state index contributed by atoms with van der Waals surface area (Å²) < 4.78 is 5.67. The topological polar surface area (TPSA) is 29.5 Å². The van der Waals surface area contributed by atoms with E-state index in [9.17, 15) is 4.79 Å². The van der Waals surface area contributed by atoms with Gasteiger partial charge in [0.2, 0.25) is 5.91 Å². The van der Waals surface area contributed by atoms with Crippen molar-refractivity contribution in [2.45, 2.75) is 57.6 Å². The Balaban J connectivity index is 2.05. The predicted octanol–water partition coefficient (Wildman–Crippen LogP) is 2.97. The van der Waals surface area contributed by atoms with E-state index in [-0.39, 0.29) is 12.0 Å². The van der Waals surface area contributed by atoms with E-state index >= 15 is 0 Å². The molecule has 2 aliphatic rings. The van der Waals surface area contributed by atoms with E-state index in [4.69, 9.17) is 4.74 Å². The quantitative estimate of drug-likeness (QED) is 0.749. The van der Waals surface area contributed by atoms with Crippen molar-refractivity contribution in [2.75, 3.05) is 18.5 Å². The van der Waals surface area contributed by atoms with Gasteiger partial charge >= 0.3 is 0 Å². The Morgan fingerprint density at radius 3 is 2.89 bits per heavy atom. The molecule has 3 nitrogen and oxygen atoms in total. The van der Waals surface area contributed by atoms with Gasteiger partial charge in [-0.15, -0.1) is 0 Å². The highest BCUT2D eigenvalue weighted by Crippen LogP contribution is 2.28. The molecule has 3 unspecified atom stereocenters. The fourth-order valence-electron chi connectivity index (χ4n) is 3.17. The first kappa shape index (κ1) is 14.3. The molecule has 4 heteroatoms. The Labute approximate surface area is 118 Å². The number of halogens is 1. The molecule has 2 fully saturated rings. The Morgan fingerprint density at radius 2 is 2.17 bits per heavy atom. The lowest BCUT2D eigenvalue weighted by atomic mass is 9.97. The Kier molecular flexibility index (Phi) is 5.49. The molecule has 1 amide bonds. The molecular formula is C14H24BrNO2. The van der Waals surface area contributed by atoms with E-state index in [1.165, 1.54) is 12.8 Å². The Morgan fingerprint density at radius 1 is 1.33 bits per heavy atom. The second kappa shape index (κ2) is 6.90. The van der Waals surface area contributed by atoms with Gasteiger partial charge in [0.15, 0.2) is 0 Å². The van der Waals surface area contributed by atoms with Crippen molar-refractivity contribution in [3.8, 4) is 0 Å². The average Bonchev–Trinajstić information content (AvgIpc) is 2.74. The zero-order valence-corrected chi connectivity index (χ0v) is 12.8. The van der Waals surface area contributed by atoms with Crippen LogP contribution in [-0.2, 0) is 9.53 Å². The molecule has 0 N–H and O–H groups in total. The minimum absolute atomic E-state index is 0.106. The second-order valence-corrected chi connectivity index (χ2v) is 6.05. The first-order valence-corrected chi connectivity index (χ1v) is 8.38. The van der Waals surface area contributed by atoms with Crippen LogP contribution >= 0.6 is 15.9 Å². The van der Waals surface area contributed by atoms with Gasteiger partial charge in [0.1, 0.15) is 0 Å². The van der Waals surface area contributed by atoms with Crippen LogP contribution in [0.15, 0.2) is 0 Å². The van der Waals surface area contributed by atoms with Gasteiger partial charge in [-0.25, -0.2) is 0 Å². The van der Waals surface area contributed by atoms with Gasteiger partial charge in [0.05, 0.1) is 12.0 Å². The van der Waals surface area contributed by atoms with Crippen molar-refractivity contribution in [3.63, 3.8) is 0 Å². The minimum atomic E-state index is 0.106. The summed E-state index contributed by atoms with van der Waals surface area (Å²) in [5.41, 5.74) is 0. The fourth-order valence-corrected chi connectivity index (χ4v) is 3.85. The monoisotopic (exact) mass is 317 g/mol. The highest BCUT2D eigenvalue weighted by atomic mass is 79.9. The molecule has 0 radical (unpaired) electrons. The molecular weight excluding hydrogens is 294 g/mol. The molecule has 0 bridgehead atoms. The smallest absolute Gasteiger partial charge is 0.228 e. The molecule has 0 aromatic heterocycles. The minimum Gasteiger partial charge on any atom is -0.377 e. The maximum atomic E-state index is 12.7. The van der Waals surface area contributed by atoms with E-state index in [1.54, 1.807) is 0 Å². The molecule has 3 atom stereocenters. The molecule has 0 saturated carbocycles. The summed E-state index contributed by atoms with van der Waals surface area (Å²) in [6.07, 6.45) is 6.80. The summed E-state index contributed by atoms with van der Waals surface area (Å²) in [4.78, 5) is 14.8. The normalized spacial score (nSPS) is 33.4. The molecule has 0 aliphatic carbocycles. The number of carbonyl (C=O) groups is 1. The van der Waals surface area contributed by atoms with Gasteiger partial charge in [0, 0.05) is 24.5 Å². The molecule has 2 rings (SSSR count). The lowest BCUT2D eigenvalue weighted by Gasteiger charge is -2.32. The van der Waals surface area contributed by atoms with Crippen LogP contribution in [0.1, 0.15) is 45.4 Å². The SMILES string of the molecule is CCC1OCCC1C(=O)N1CCCCCC1CBr. The predicted molar refractivity (Wildman–Crippen MR) is 75.9 cm³/mol. The number of hydrogen-bond acceptors (Lipinski definition) is 2. The van der Waals surface area contributed by atoms with Crippen molar-refractivity contribution in [1.29, 1.82) is 0 Å². The van der Waals surface area contributed by atoms with E-state index < -0.39 is 0 Å². The lowest BCUT2D eigenvalue weighted by molar-refractivity contribution is -0.139. The van der Waals surface area contributed by atoms with Crippen LogP contribution in [0.2, 0.25) is 0 Å². The fraction of sp³-hybridized carbons (Fsp3) is 0.929. The Hall–Kier alpha value is -0.0900. The summed E-state index contributed by atoms with van der Waals surface area (Å²) in [5, 5.41) is 0.906. The van der Waals surface area contributed by atoms with Crippen molar-refractivity contribution in [3.05, 3.63) is 0 Å². The highest BCUT2D eigenvalue weighted by Gasteiger charge is 2.37. The molecule has 0 spiro atoms. The number of hydrogen-bond donors (Lipinski definition) is 0. The summed E-state index contributed by atoms with van der Waals surface area (Å²) in [5.74, 6) is 0.445. The standard InChI is InChI=1S/C14H24BrNO2/c1-2-13-12(7-9-18-13)14(17)16-8-5-3-4-6-11(16)10-15/h11-13H,2-10H2,1H3. The number of rotatable bonds is 3. The number of amides is 1. The zero-order chi connectivity index (χ0) is 13.0. The first-order valence-electron chi connectivity index (χ1n) is 7.26. The lowest BCUT2D eigenvalue weighted by Crippen LogP contribution is -2.45. The first-order chi connectivity index (χ1) is 8.77. The van der Waals surface area contributed by atoms with Gasteiger partial charge in [-0.1, -0.05) is 35.7 Å². The van der Waals surface area contributed by atoms with Crippen LogP contribution in [0.3, 0.4) is 0 Å². The maximum Gasteiger partial charge on any atom is 0.228 e. The summed E-state index contributed by atoms with van der Waals surface area (Å²) >= 11 is 3.57. The number of likely N-dealkylation sites (tertiary alicyclic amines) is 1. The van der Waals surface area contributed by atoms with E-state index in [0.717, 1.165) is 44.2 Å². The summed E-state index contributed by atoms with van der Waals surface area (Å²) in [6.45, 7) is 3.80. The van der Waals surface area contributed by atoms with Crippen LogP contribution in [0, 0.1) is 5.92 Å². The summed E-state index contributed by atoms with van der Waals surface area (Å²) in [7, 11) is 0. The second-order valence-electron chi connectivity index (χ2n) is 5.40. The molecule has 104 valence electrons. The van der Waals surface area contributed by atoms with Crippen LogP contribution in [-0.4, -0.2) is 41.4 Å². The average molecular weight is 318 g/mol. The van der Waals surface area contributed by atoms with Gasteiger partial charge in [-0.2, -0.15) is 0 Å². The van der Waals surface area contributed by atoms with Crippen molar-refractivity contribution >= 4 is 21.8 Å². The Bertz CT molecular complexity index is 285. The number of ether oxygens (including phenoxy) is 1. The third-order valence-electron chi connectivity index (χ3n) is 4.27. The maximum absolute atomic E-state index is 12.7. The highest BCUT2D eigenvalue weighted by molar-refractivity contribution is 9.09. The zero-order valence-electron chi connectivity index (χ0n) is 11.2. The van der Waals surface area contributed by atoms with Crippen LogP contribution in [0.25, 0.3) is 0 Å². The molecule has 0 aromatic rings. The summed E-state index contributed by atoms with van der Waals surface area (Å²) in [6, 6.07) is 0.387. The number of carbonyl (C=O) groups excluding carboxylic acids is 1. The number of nitrogens with zero attached hydrogens (tertiary/aromatic N) is 1. The van der Waals surface area contributed by atoms with E-state index in [0.29, 0.717) is 11.9 Å². The van der Waals surface area contributed by atoms with Crippen LogP contribution in [0.4, 0.5) is 0 Å². The van der Waals surface area contributed by atoms with E-state index in [2.05, 4.69) is 27.8 Å². The van der Waals surface area contributed by atoms with Gasteiger partial charge in [0.25, 0.3) is 0 Å². The van der Waals surface area contributed by atoms with Crippen molar-refractivity contribution in [2.24, 2.45) is 5.92 Å². The van der Waals surface area contributed by atoms with Gasteiger partial charge in [-0.3, -0.25) is 4.79 Å². The van der Waals surface area contributed by atoms with Crippen molar-refractivity contribution in [1.82, 2.24) is 4.90 Å². The van der Waals surface area contributed by atoms with Gasteiger partial charge < -0.3 is 9.64 Å². The third-order valence-corrected chi connectivity index (χ3v) is 5.01. The molecule has 2 heterocycles. The molecule has 2 saturated heterocycles. The van der Waals surface area contributed by atoms with E-state index in [1.807, 2.05) is 0 Å².